The molecule has 0 bridgehead atoms. The largest absolute Gasteiger partial charge is 0.308 e. The van der Waals surface area contributed by atoms with Gasteiger partial charge in [-0.15, -0.1) is 0 Å². The molecule has 0 saturated carbocycles. The van der Waals surface area contributed by atoms with Gasteiger partial charge in [0.15, 0.2) is 0 Å². The normalized spacial score (nSPS) is 11.2. The van der Waals surface area contributed by atoms with Gasteiger partial charge >= 0.3 is 0 Å². The Kier molecular flexibility index (Phi) is 7.94. The number of nitriles is 3. The standard InChI is InChI=1S/C51H27F2N5/c52-37-21-35(22-38(53)27-37)36-25-50(57-46-15-7-5-13-41(46)43-19-17-31(23-48(43)57)39-11-3-1-9-33(39)28-54)45(30-56)51(26-36)58-47-16-8-6-14-42(47)44-20-18-32(24-49(44)58)40-12-4-2-10-34(40)29-55/h1-27H. The lowest BCUT2D eigenvalue weighted by atomic mass is 9.98. The van der Waals surface area contributed by atoms with Gasteiger partial charge in [-0.25, -0.2) is 8.78 Å². The van der Waals surface area contributed by atoms with Crippen molar-refractivity contribution in [2.24, 2.45) is 0 Å². The van der Waals surface area contributed by atoms with Crippen LogP contribution < -0.4 is 0 Å². The molecule has 0 aliphatic carbocycles. The van der Waals surface area contributed by atoms with Crippen LogP contribution in [0.15, 0.2) is 164 Å². The van der Waals surface area contributed by atoms with Crippen molar-refractivity contribution in [3.63, 3.8) is 0 Å². The van der Waals surface area contributed by atoms with E-state index in [4.69, 9.17) is 0 Å². The number of aromatic nitrogens is 2. The summed E-state index contributed by atoms with van der Waals surface area (Å²) in [6.45, 7) is 0. The van der Waals surface area contributed by atoms with Gasteiger partial charge in [-0.1, -0.05) is 97.1 Å². The Morgan fingerprint density at radius 3 is 1.24 bits per heavy atom. The predicted molar refractivity (Wildman–Crippen MR) is 225 cm³/mol. The molecule has 270 valence electrons. The highest BCUT2D eigenvalue weighted by Gasteiger charge is 2.24. The Bertz CT molecular complexity index is 3260. The van der Waals surface area contributed by atoms with Gasteiger partial charge in [0, 0.05) is 27.6 Å². The summed E-state index contributed by atoms with van der Waals surface area (Å²) in [5, 5.41) is 35.1. The minimum absolute atomic E-state index is 0.304. The summed E-state index contributed by atoms with van der Waals surface area (Å²) >= 11 is 0. The van der Waals surface area contributed by atoms with Gasteiger partial charge in [-0.2, -0.15) is 15.8 Å². The Balaban J connectivity index is 1.35. The van der Waals surface area contributed by atoms with Gasteiger partial charge in [0.05, 0.1) is 56.7 Å². The van der Waals surface area contributed by atoms with Crippen LogP contribution in [0, 0.1) is 45.6 Å². The highest BCUT2D eigenvalue weighted by molar-refractivity contribution is 6.12. The smallest absolute Gasteiger partial charge is 0.126 e. The summed E-state index contributed by atoms with van der Waals surface area (Å²) in [6, 6.07) is 57.1. The quantitative estimate of drug-likeness (QED) is 0.176. The molecule has 0 radical (unpaired) electrons. The monoisotopic (exact) mass is 747 g/mol. The Morgan fingerprint density at radius 2 is 0.776 bits per heavy atom. The average molecular weight is 748 g/mol. The first-order chi connectivity index (χ1) is 28.4. The predicted octanol–water partition coefficient (Wildman–Crippen LogP) is 12.8. The molecule has 58 heavy (non-hydrogen) atoms. The Hall–Kier alpha value is -8.31. The average Bonchev–Trinajstić information content (AvgIpc) is 3.77. The zero-order chi connectivity index (χ0) is 39.5. The molecule has 0 aliphatic rings. The van der Waals surface area contributed by atoms with E-state index < -0.39 is 11.6 Å². The molecular formula is C51H27F2N5. The van der Waals surface area contributed by atoms with E-state index in [0.717, 1.165) is 71.9 Å². The molecule has 0 atom stereocenters. The van der Waals surface area contributed by atoms with Crippen LogP contribution in [0.25, 0.3) is 88.4 Å². The lowest BCUT2D eigenvalue weighted by Gasteiger charge is -2.19. The van der Waals surface area contributed by atoms with Crippen LogP contribution in [0.4, 0.5) is 8.78 Å². The van der Waals surface area contributed by atoms with Gasteiger partial charge in [0.2, 0.25) is 0 Å². The molecule has 10 aromatic rings. The van der Waals surface area contributed by atoms with E-state index in [0.29, 0.717) is 39.2 Å². The molecule has 0 unspecified atom stereocenters. The van der Waals surface area contributed by atoms with E-state index >= 15 is 8.78 Å². The second-order valence-corrected chi connectivity index (χ2v) is 14.1. The van der Waals surface area contributed by atoms with Gasteiger partial charge < -0.3 is 9.13 Å². The molecule has 0 spiro atoms. The van der Waals surface area contributed by atoms with Crippen molar-refractivity contribution in [1.29, 1.82) is 15.8 Å². The summed E-state index contributed by atoms with van der Waals surface area (Å²) in [5.41, 5.74) is 9.62. The summed E-state index contributed by atoms with van der Waals surface area (Å²) in [4.78, 5) is 0. The van der Waals surface area contributed by atoms with E-state index in [1.54, 1.807) is 12.1 Å². The first-order valence-electron chi connectivity index (χ1n) is 18.6. The highest BCUT2D eigenvalue weighted by atomic mass is 19.1. The van der Waals surface area contributed by atoms with Crippen LogP contribution in [-0.4, -0.2) is 9.13 Å². The zero-order valence-corrected chi connectivity index (χ0v) is 30.6. The Labute approximate surface area is 331 Å². The van der Waals surface area contributed by atoms with Gasteiger partial charge in [0.1, 0.15) is 23.3 Å². The maximum atomic E-state index is 15.0. The number of nitrogens with zero attached hydrogens (tertiary/aromatic N) is 5. The fourth-order valence-corrected chi connectivity index (χ4v) is 8.43. The van der Waals surface area contributed by atoms with Gasteiger partial charge in [0.25, 0.3) is 0 Å². The minimum Gasteiger partial charge on any atom is -0.308 e. The fourth-order valence-electron chi connectivity index (χ4n) is 8.43. The lowest BCUT2D eigenvalue weighted by molar-refractivity contribution is 0.584. The summed E-state index contributed by atoms with van der Waals surface area (Å²) < 4.78 is 34.1. The first kappa shape index (κ1) is 34.2. The number of fused-ring (bicyclic) bond motifs is 6. The minimum atomic E-state index is -0.724. The van der Waals surface area contributed by atoms with Crippen LogP contribution >= 0.6 is 0 Å². The van der Waals surface area contributed by atoms with Crippen molar-refractivity contribution in [2.45, 2.75) is 0 Å². The van der Waals surface area contributed by atoms with Crippen molar-refractivity contribution in [3.8, 4) is 63.0 Å². The van der Waals surface area contributed by atoms with Crippen LogP contribution in [-0.2, 0) is 0 Å². The van der Waals surface area contributed by atoms with E-state index in [1.807, 2.05) is 143 Å². The SMILES string of the molecule is N#Cc1ccccc1-c1ccc2c3ccccc3n(-c3cc(-c4cc(F)cc(F)c4)cc(-n4c5ccccc5c5ccc(-c6ccccc6C#N)cc54)c3C#N)c2c1. The second kappa shape index (κ2) is 13.5. The molecule has 0 amide bonds. The third-order valence-electron chi connectivity index (χ3n) is 11.0. The van der Waals surface area contributed by atoms with Crippen LogP contribution in [0.3, 0.4) is 0 Å². The van der Waals surface area contributed by atoms with Crippen molar-refractivity contribution in [3.05, 3.63) is 192 Å². The van der Waals surface area contributed by atoms with E-state index in [9.17, 15) is 15.8 Å². The number of hydrogen-bond donors (Lipinski definition) is 0. The summed E-state index contributed by atoms with van der Waals surface area (Å²) in [6.07, 6.45) is 0. The lowest BCUT2D eigenvalue weighted by Crippen LogP contribution is -2.05. The zero-order valence-electron chi connectivity index (χ0n) is 30.6. The van der Waals surface area contributed by atoms with Crippen LogP contribution in [0.5, 0.6) is 0 Å². The maximum absolute atomic E-state index is 15.0. The molecule has 2 heterocycles. The fraction of sp³-hybridized carbons (Fsp3) is 0. The molecule has 0 aliphatic heterocycles. The van der Waals surface area contributed by atoms with E-state index in [2.05, 4.69) is 18.2 Å². The molecule has 2 aromatic heterocycles. The topological polar surface area (TPSA) is 81.2 Å². The van der Waals surface area contributed by atoms with Crippen molar-refractivity contribution < 1.29 is 8.78 Å². The number of para-hydroxylation sites is 2. The maximum Gasteiger partial charge on any atom is 0.126 e. The van der Waals surface area contributed by atoms with E-state index in [-0.39, 0.29) is 0 Å². The molecule has 7 heteroatoms. The summed E-state index contributed by atoms with van der Waals surface area (Å²) in [7, 11) is 0. The molecule has 0 fully saturated rings. The van der Waals surface area contributed by atoms with Gasteiger partial charge in [-0.3, -0.25) is 0 Å². The van der Waals surface area contributed by atoms with Crippen LogP contribution in [0.1, 0.15) is 16.7 Å². The highest BCUT2D eigenvalue weighted by Crippen LogP contribution is 2.42. The number of rotatable bonds is 5. The Morgan fingerprint density at radius 1 is 0.362 bits per heavy atom. The molecule has 10 rings (SSSR count). The van der Waals surface area contributed by atoms with Crippen molar-refractivity contribution in [1.82, 2.24) is 9.13 Å². The van der Waals surface area contributed by atoms with Gasteiger partial charge in [-0.05, 0) is 94.0 Å². The first-order valence-corrected chi connectivity index (χ1v) is 18.6. The molecular weight excluding hydrogens is 721 g/mol. The van der Waals surface area contributed by atoms with Crippen LogP contribution in [0.2, 0.25) is 0 Å². The van der Waals surface area contributed by atoms with E-state index in [1.165, 1.54) is 12.1 Å². The summed E-state index contributed by atoms with van der Waals surface area (Å²) in [5.74, 6) is -1.45. The third kappa shape index (κ3) is 5.33. The van der Waals surface area contributed by atoms with Crippen molar-refractivity contribution >= 4 is 43.6 Å². The molecule has 5 nitrogen and oxygen atoms in total. The molecule has 0 saturated heterocycles. The molecule has 0 N–H and O–H groups in total. The number of hydrogen-bond acceptors (Lipinski definition) is 3. The third-order valence-corrected chi connectivity index (χ3v) is 11.0. The van der Waals surface area contributed by atoms with Crippen molar-refractivity contribution in [2.75, 3.05) is 0 Å². The number of halogens is 2. The number of benzene rings is 8. The second-order valence-electron chi connectivity index (χ2n) is 14.1. The molecule has 8 aromatic carbocycles.